The lowest BCUT2D eigenvalue weighted by molar-refractivity contribution is 0.561. The number of nitrogens with one attached hydrogen (secondary N) is 3. The number of pyridine rings is 2. The van der Waals surface area contributed by atoms with Crippen LogP contribution in [0, 0.1) is 10.8 Å². The standard InChI is InChI=1S/C20H14ClN5O/c21-13-2-1-3-14(9-13)25-20-16-6-7-24-10-17(16)15-5-4-12(8-18(15)26-20)19(23)27-11-22/h1-11,22-23H,(H,25,26). The van der Waals surface area contributed by atoms with E-state index in [0.717, 1.165) is 28.2 Å². The maximum Gasteiger partial charge on any atom is 0.220 e. The fraction of sp³-hybridized carbons (Fsp3) is 0. The molecule has 2 heterocycles. The Morgan fingerprint density at radius 2 is 1.96 bits per heavy atom. The predicted molar refractivity (Wildman–Crippen MR) is 108 cm³/mol. The number of rotatable bonds is 4. The van der Waals surface area contributed by atoms with Crippen LogP contribution in [0.25, 0.3) is 21.7 Å². The zero-order valence-corrected chi connectivity index (χ0v) is 14.8. The van der Waals surface area contributed by atoms with Crippen LogP contribution in [0.2, 0.25) is 5.02 Å². The van der Waals surface area contributed by atoms with Gasteiger partial charge in [0.25, 0.3) is 0 Å². The Labute approximate surface area is 159 Å². The average Bonchev–Trinajstić information content (AvgIpc) is 2.68. The molecule has 0 aliphatic rings. The van der Waals surface area contributed by atoms with Gasteiger partial charge in [0, 0.05) is 44.8 Å². The fourth-order valence-corrected chi connectivity index (χ4v) is 3.10. The second kappa shape index (κ2) is 7.01. The Hall–Kier alpha value is -3.51. The van der Waals surface area contributed by atoms with Crippen molar-refractivity contribution in [2.24, 2.45) is 0 Å². The zero-order valence-electron chi connectivity index (χ0n) is 14.0. The molecule has 0 radical (unpaired) electrons. The van der Waals surface area contributed by atoms with E-state index < -0.39 is 0 Å². The molecule has 0 bridgehead atoms. The fourth-order valence-electron chi connectivity index (χ4n) is 2.91. The van der Waals surface area contributed by atoms with Crippen LogP contribution in [0.15, 0.2) is 60.9 Å². The smallest absolute Gasteiger partial charge is 0.220 e. The molecule has 4 rings (SSSR count). The monoisotopic (exact) mass is 375 g/mol. The van der Waals surface area contributed by atoms with Gasteiger partial charge in [-0.3, -0.25) is 15.8 Å². The van der Waals surface area contributed by atoms with Gasteiger partial charge in [-0.15, -0.1) is 0 Å². The maximum atomic E-state index is 7.88. The third-order valence-electron chi connectivity index (χ3n) is 4.12. The van der Waals surface area contributed by atoms with Crippen LogP contribution in [0.4, 0.5) is 11.5 Å². The summed E-state index contributed by atoms with van der Waals surface area (Å²) in [5, 5.41) is 21.6. The Morgan fingerprint density at radius 3 is 2.78 bits per heavy atom. The van der Waals surface area contributed by atoms with E-state index in [1.165, 1.54) is 0 Å². The molecular weight excluding hydrogens is 362 g/mol. The van der Waals surface area contributed by atoms with E-state index >= 15 is 0 Å². The molecule has 27 heavy (non-hydrogen) atoms. The van der Waals surface area contributed by atoms with Gasteiger partial charge in [-0.05, 0) is 36.4 Å². The number of hydrogen-bond acceptors (Lipinski definition) is 6. The lowest BCUT2D eigenvalue weighted by atomic mass is 10.1. The number of fused-ring (bicyclic) bond motifs is 3. The second-order valence-electron chi connectivity index (χ2n) is 5.81. The molecule has 0 amide bonds. The summed E-state index contributed by atoms with van der Waals surface area (Å²) in [5.74, 6) is 0.558. The molecule has 0 spiro atoms. The van der Waals surface area contributed by atoms with Crippen molar-refractivity contribution < 1.29 is 4.74 Å². The van der Waals surface area contributed by atoms with E-state index in [1.54, 1.807) is 24.5 Å². The topological polar surface area (TPSA) is 94.7 Å². The van der Waals surface area contributed by atoms with Crippen LogP contribution >= 0.6 is 11.6 Å². The van der Waals surface area contributed by atoms with E-state index in [-0.39, 0.29) is 5.90 Å². The van der Waals surface area contributed by atoms with E-state index in [4.69, 9.17) is 32.1 Å². The van der Waals surface area contributed by atoms with E-state index in [0.29, 0.717) is 21.9 Å². The normalized spacial score (nSPS) is 10.7. The minimum absolute atomic E-state index is 0.107. The summed E-state index contributed by atoms with van der Waals surface area (Å²) in [7, 11) is 0. The molecular formula is C20H14ClN5O. The highest BCUT2D eigenvalue weighted by Crippen LogP contribution is 2.31. The molecule has 6 nitrogen and oxygen atoms in total. The molecule has 4 aromatic rings. The Bertz CT molecular complexity index is 1190. The quantitative estimate of drug-likeness (QED) is 0.262. The van der Waals surface area contributed by atoms with Crippen LogP contribution in [0.3, 0.4) is 0 Å². The first-order valence-corrected chi connectivity index (χ1v) is 8.48. The van der Waals surface area contributed by atoms with Crippen molar-refractivity contribution in [1.82, 2.24) is 9.97 Å². The van der Waals surface area contributed by atoms with Crippen molar-refractivity contribution in [1.29, 1.82) is 10.8 Å². The highest BCUT2D eigenvalue weighted by atomic mass is 35.5. The van der Waals surface area contributed by atoms with Gasteiger partial charge >= 0.3 is 0 Å². The summed E-state index contributed by atoms with van der Waals surface area (Å²) >= 11 is 6.08. The zero-order chi connectivity index (χ0) is 18.8. The largest absolute Gasteiger partial charge is 0.428 e. The lowest BCUT2D eigenvalue weighted by Crippen LogP contribution is -2.03. The number of nitrogens with zero attached hydrogens (tertiary/aromatic N) is 2. The average molecular weight is 376 g/mol. The van der Waals surface area contributed by atoms with Gasteiger partial charge in [-0.1, -0.05) is 23.7 Å². The molecule has 0 atom stereocenters. The van der Waals surface area contributed by atoms with Crippen LogP contribution in [-0.2, 0) is 4.74 Å². The minimum Gasteiger partial charge on any atom is -0.428 e. The van der Waals surface area contributed by atoms with Crippen LogP contribution < -0.4 is 5.32 Å². The van der Waals surface area contributed by atoms with Crippen molar-refractivity contribution in [3.8, 4) is 0 Å². The molecule has 0 aliphatic heterocycles. The lowest BCUT2D eigenvalue weighted by Gasteiger charge is -2.12. The summed E-state index contributed by atoms with van der Waals surface area (Å²) in [6, 6.07) is 14.7. The van der Waals surface area contributed by atoms with Gasteiger partial charge in [-0.25, -0.2) is 4.98 Å². The van der Waals surface area contributed by atoms with Gasteiger partial charge < -0.3 is 10.1 Å². The first-order valence-electron chi connectivity index (χ1n) is 8.10. The number of ether oxygens (including phenoxy) is 1. The van der Waals surface area contributed by atoms with Crippen LogP contribution in [-0.4, -0.2) is 22.3 Å². The Balaban J connectivity index is 1.90. The van der Waals surface area contributed by atoms with Gasteiger partial charge in [0.05, 0.1) is 5.52 Å². The first kappa shape index (κ1) is 16.9. The summed E-state index contributed by atoms with van der Waals surface area (Å²) in [5.41, 5.74) is 2.05. The molecule has 0 fully saturated rings. The SMILES string of the molecule is N=COC(=N)c1ccc2c(c1)nc(Nc1cccc(Cl)c1)c1ccncc12. The third kappa shape index (κ3) is 3.30. The molecule has 3 N–H and O–H groups in total. The number of anilines is 2. The molecule has 0 saturated heterocycles. The van der Waals surface area contributed by atoms with Crippen molar-refractivity contribution >= 4 is 57.1 Å². The third-order valence-corrected chi connectivity index (χ3v) is 4.36. The highest BCUT2D eigenvalue weighted by Gasteiger charge is 2.11. The van der Waals surface area contributed by atoms with E-state index in [2.05, 4.69) is 10.3 Å². The van der Waals surface area contributed by atoms with E-state index in [9.17, 15) is 0 Å². The van der Waals surface area contributed by atoms with Crippen LogP contribution in [0.1, 0.15) is 5.56 Å². The number of hydrogen-bond donors (Lipinski definition) is 3. The number of benzene rings is 2. The first-order chi connectivity index (χ1) is 13.2. The molecule has 0 saturated carbocycles. The molecule has 7 heteroatoms. The molecule has 2 aromatic heterocycles. The minimum atomic E-state index is -0.107. The summed E-state index contributed by atoms with van der Waals surface area (Å²) in [6.07, 6.45) is 4.25. The van der Waals surface area contributed by atoms with Gasteiger partial charge in [0.2, 0.25) is 5.90 Å². The van der Waals surface area contributed by atoms with Gasteiger partial charge in [0.1, 0.15) is 5.82 Å². The highest BCUT2D eigenvalue weighted by molar-refractivity contribution is 6.30. The number of halogens is 1. The van der Waals surface area contributed by atoms with Crippen LogP contribution in [0.5, 0.6) is 0 Å². The molecule has 0 unspecified atom stereocenters. The molecule has 2 aromatic carbocycles. The summed E-state index contributed by atoms with van der Waals surface area (Å²) in [4.78, 5) is 8.98. The van der Waals surface area contributed by atoms with Gasteiger partial charge in [-0.2, -0.15) is 0 Å². The van der Waals surface area contributed by atoms with E-state index in [1.807, 2.05) is 36.4 Å². The van der Waals surface area contributed by atoms with Crippen molar-refractivity contribution in [2.45, 2.75) is 0 Å². The second-order valence-corrected chi connectivity index (χ2v) is 6.25. The summed E-state index contributed by atoms with van der Waals surface area (Å²) < 4.78 is 4.86. The molecule has 0 aliphatic carbocycles. The Kier molecular flexibility index (Phi) is 4.40. The van der Waals surface area contributed by atoms with Crippen molar-refractivity contribution in [2.75, 3.05) is 5.32 Å². The van der Waals surface area contributed by atoms with Crippen molar-refractivity contribution in [3.05, 3.63) is 71.5 Å². The van der Waals surface area contributed by atoms with Crippen molar-refractivity contribution in [3.63, 3.8) is 0 Å². The number of aromatic nitrogens is 2. The predicted octanol–water partition coefficient (Wildman–Crippen LogP) is 5.13. The van der Waals surface area contributed by atoms with Gasteiger partial charge in [0.15, 0.2) is 6.40 Å². The maximum absolute atomic E-state index is 7.88. The molecule has 132 valence electrons. The Morgan fingerprint density at radius 1 is 1.07 bits per heavy atom. The summed E-state index contributed by atoms with van der Waals surface area (Å²) in [6.45, 7) is 0.